The van der Waals surface area contributed by atoms with Crippen LogP contribution in [0.1, 0.15) is 25.0 Å². The number of nitrogens with one attached hydrogen (secondary N) is 1. The molecule has 1 aliphatic rings. The van der Waals surface area contributed by atoms with Crippen molar-refractivity contribution in [1.82, 2.24) is 5.32 Å². The summed E-state index contributed by atoms with van der Waals surface area (Å²) in [5.74, 6) is 1.65. The normalized spacial score (nSPS) is 14.0. The van der Waals surface area contributed by atoms with Gasteiger partial charge in [-0.25, -0.2) is 0 Å². The van der Waals surface area contributed by atoms with Gasteiger partial charge in [-0.05, 0) is 30.2 Å². The Bertz CT molecular complexity index is 429. The van der Waals surface area contributed by atoms with Crippen molar-refractivity contribution >= 4 is 0 Å². The van der Waals surface area contributed by atoms with Crippen molar-refractivity contribution in [2.24, 2.45) is 0 Å². The van der Waals surface area contributed by atoms with Gasteiger partial charge in [-0.3, -0.25) is 0 Å². The fraction of sp³-hybridized carbons (Fsp3) is 0.571. The largest absolute Gasteiger partial charge is 0.454 e. The zero-order chi connectivity index (χ0) is 13.2. The molecule has 1 aromatic carbocycles. The summed E-state index contributed by atoms with van der Waals surface area (Å²) >= 11 is 0. The van der Waals surface area contributed by atoms with Crippen LogP contribution in [-0.4, -0.2) is 31.6 Å². The molecule has 0 saturated heterocycles. The second-order valence-corrected chi connectivity index (χ2v) is 5.30. The minimum absolute atomic E-state index is 0.0137. The fourth-order valence-corrected chi connectivity index (χ4v) is 2.35. The number of aliphatic hydroxyl groups is 1. The van der Waals surface area contributed by atoms with Gasteiger partial charge in [0.1, 0.15) is 0 Å². The van der Waals surface area contributed by atoms with E-state index < -0.39 is 0 Å². The van der Waals surface area contributed by atoms with Gasteiger partial charge in [-0.15, -0.1) is 0 Å². The van der Waals surface area contributed by atoms with E-state index in [1.165, 1.54) is 11.1 Å². The van der Waals surface area contributed by atoms with E-state index in [1.807, 2.05) is 6.07 Å². The van der Waals surface area contributed by atoms with E-state index in [4.69, 9.17) is 14.6 Å². The number of benzene rings is 1. The van der Waals surface area contributed by atoms with Crippen molar-refractivity contribution in [3.05, 3.63) is 23.3 Å². The zero-order valence-electron chi connectivity index (χ0n) is 11.2. The number of hydrogen-bond donors (Lipinski definition) is 2. The number of aliphatic hydroxyl groups excluding tert-OH is 1. The van der Waals surface area contributed by atoms with Crippen molar-refractivity contribution in [2.75, 3.05) is 26.5 Å². The monoisotopic (exact) mass is 251 g/mol. The van der Waals surface area contributed by atoms with Crippen LogP contribution in [0.25, 0.3) is 0 Å². The lowest BCUT2D eigenvalue weighted by molar-refractivity contribution is 0.174. The highest BCUT2D eigenvalue weighted by molar-refractivity contribution is 5.50. The van der Waals surface area contributed by atoms with E-state index in [0.29, 0.717) is 13.3 Å². The molecule has 1 aromatic rings. The van der Waals surface area contributed by atoms with E-state index >= 15 is 0 Å². The van der Waals surface area contributed by atoms with Crippen molar-refractivity contribution in [2.45, 2.75) is 26.2 Å². The highest BCUT2D eigenvalue weighted by Crippen LogP contribution is 2.38. The maximum atomic E-state index is 8.82. The molecule has 0 spiro atoms. The van der Waals surface area contributed by atoms with Gasteiger partial charge in [0, 0.05) is 18.5 Å². The maximum absolute atomic E-state index is 8.82. The summed E-state index contributed by atoms with van der Waals surface area (Å²) in [6.07, 6.45) is 0. The fourth-order valence-electron chi connectivity index (χ4n) is 2.35. The van der Waals surface area contributed by atoms with E-state index in [0.717, 1.165) is 18.0 Å². The van der Waals surface area contributed by atoms with E-state index in [1.54, 1.807) is 0 Å². The molecule has 0 unspecified atom stereocenters. The van der Waals surface area contributed by atoms with Gasteiger partial charge >= 0.3 is 0 Å². The second kappa shape index (κ2) is 5.16. The Morgan fingerprint density at radius 2 is 1.94 bits per heavy atom. The van der Waals surface area contributed by atoms with Crippen LogP contribution in [0.2, 0.25) is 0 Å². The summed E-state index contributed by atoms with van der Waals surface area (Å²) in [6, 6.07) is 4.10. The highest BCUT2D eigenvalue weighted by atomic mass is 16.7. The molecule has 0 bridgehead atoms. The summed E-state index contributed by atoms with van der Waals surface area (Å²) in [7, 11) is 0. The molecule has 18 heavy (non-hydrogen) atoms. The predicted octanol–water partition coefficient (Wildman–Crippen LogP) is 1.58. The Hall–Kier alpha value is -1.26. The Morgan fingerprint density at radius 3 is 2.61 bits per heavy atom. The van der Waals surface area contributed by atoms with E-state index in [9.17, 15) is 0 Å². The number of fused-ring (bicyclic) bond motifs is 1. The van der Waals surface area contributed by atoms with E-state index in [-0.39, 0.29) is 12.0 Å². The van der Waals surface area contributed by atoms with Crippen LogP contribution in [0.15, 0.2) is 12.1 Å². The first-order valence-electron chi connectivity index (χ1n) is 6.27. The van der Waals surface area contributed by atoms with E-state index in [2.05, 4.69) is 32.2 Å². The second-order valence-electron chi connectivity index (χ2n) is 5.30. The standard InChI is InChI=1S/C14H21NO3/c1-10-6-12-13(18-9-17-12)7-11(10)14(2,3)8-15-4-5-16/h6-7,15-16H,4-5,8-9H2,1-3H3. The average molecular weight is 251 g/mol. The molecule has 4 nitrogen and oxygen atoms in total. The summed E-state index contributed by atoms with van der Waals surface area (Å²) in [5, 5.41) is 12.1. The molecule has 2 rings (SSSR count). The molecule has 0 radical (unpaired) electrons. The predicted molar refractivity (Wildman–Crippen MR) is 70.3 cm³/mol. The van der Waals surface area contributed by atoms with Gasteiger partial charge in [0.05, 0.1) is 6.61 Å². The smallest absolute Gasteiger partial charge is 0.231 e. The highest BCUT2D eigenvalue weighted by Gasteiger charge is 2.25. The van der Waals surface area contributed by atoms with Crippen LogP contribution >= 0.6 is 0 Å². The van der Waals surface area contributed by atoms with Gasteiger partial charge in [-0.1, -0.05) is 13.8 Å². The van der Waals surface area contributed by atoms with Gasteiger partial charge in [0.15, 0.2) is 11.5 Å². The van der Waals surface area contributed by atoms with Crippen LogP contribution in [0.4, 0.5) is 0 Å². The molecule has 4 heteroatoms. The summed E-state index contributed by atoms with van der Waals surface area (Å²) in [6.45, 7) is 8.35. The van der Waals surface area contributed by atoms with Crippen molar-refractivity contribution < 1.29 is 14.6 Å². The van der Waals surface area contributed by atoms with Crippen molar-refractivity contribution in [1.29, 1.82) is 0 Å². The number of rotatable bonds is 5. The van der Waals surface area contributed by atoms with Gasteiger partial charge in [0.2, 0.25) is 6.79 Å². The maximum Gasteiger partial charge on any atom is 0.231 e. The minimum Gasteiger partial charge on any atom is -0.454 e. The first-order chi connectivity index (χ1) is 8.54. The lowest BCUT2D eigenvalue weighted by Crippen LogP contribution is -2.34. The molecule has 0 fully saturated rings. The molecular weight excluding hydrogens is 230 g/mol. The number of hydrogen-bond acceptors (Lipinski definition) is 4. The Balaban J connectivity index is 2.21. The van der Waals surface area contributed by atoms with Gasteiger partial charge < -0.3 is 19.9 Å². The molecule has 0 atom stereocenters. The third-order valence-corrected chi connectivity index (χ3v) is 3.30. The Kier molecular flexibility index (Phi) is 3.78. The third-order valence-electron chi connectivity index (χ3n) is 3.30. The van der Waals surface area contributed by atoms with Crippen molar-refractivity contribution in [3.63, 3.8) is 0 Å². The lowest BCUT2D eigenvalue weighted by Gasteiger charge is -2.27. The zero-order valence-corrected chi connectivity index (χ0v) is 11.2. The van der Waals surface area contributed by atoms with Crippen LogP contribution < -0.4 is 14.8 Å². The first kappa shape index (κ1) is 13.2. The third kappa shape index (κ3) is 2.60. The molecule has 0 saturated carbocycles. The summed E-state index contributed by atoms with van der Waals surface area (Å²) in [4.78, 5) is 0. The molecule has 0 aromatic heterocycles. The Labute approximate surface area is 108 Å². The first-order valence-corrected chi connectivity index (χ1v) is 6.27. The molecule has 2 N–H and O–H groups in total. The molecule has 0 amide bonds. The van der Waals surface area contributed by atoms with Crippen LogP contribution in [0.5, 0.6) is 11.5 Å². The number of ether oxygens (including phenoxy) is 2. The molecule has 1 aliphatic heterocycles. The topological polar surface area (TPSA) is 50.7 Å². The average Bonchev–Trinajstić information content (AvgIpc) is 2.75. The Morgan fingerprint density at radius 1 is 1.28 bits per heavy atom. The van der Waals surface area contributed by atoms with Crippen molar-refractivity contribution in [3.8, 4) is 11.5 Å². The SMILES string of the molecule is Cc1cc2c(cc1C(C)(C)CNCCO)OCO2. The lowest BCUT2D eigenvalue weighted by atomic mass is 9.81. The minimum atomic E-state index is -0.0137. The van der Waals surface area contributed by atoms with Gasteiger partial charge in [0.25, 0.3) is 0 Å². The quantitative estimate of drug-likeness (QED) is 0.780. The molecular formula is C14H21NO3. The van der Waals surface area contributed by atoms with Crippen LogP contribution in [-0.2, 0) is 5.41 Å². The summed E-state index contributed by atoms with van der Waals surface area (Å²) in [5.41, 5.74) is 2.44. The molecule has 100 valence electrons. The van der Waals surface area contributed by atoms with Crippen LogP contribution in [0.3, 0.4) is 0 Å². The number of aryl methyl sites for hydroxylation is 1. The van der Waals surface area contributed by atoms with Gasteiger partial charge in [-0.2, -0.15) is 0 Å². The molecule has 1 heterocycles. The molecule has 0 aliphatic carbocycles. The van der Waals surface area contributed by atoms with Crippen LogP contribution in [0, 0.1) is 6.92 Å². The summed E-state index contributed by atoms with van der Waals surface area (Å²) < 4.78 is 10.8.